The zero-order chi connectivity index (χ0) is 24.6. The Hall–Kier alpha value is -1.97. The van der Waals surface area contributed by atoms with Gasteiger partial charge in [0.25, 0.3) is 0 Å². The van der Waals surface area contributed by atoms with Crippen molar-refractivity contribution in [2.75, 3.05) is 19.0 Å². The van der Waals surface area contributed by atoms with E-state index in [0.717, 1.165) is 36.2 Å². The summed E-state index contributed by atoms with van der Waals surface area (Å²) in [6.07, 6.45) is -2.32. The molecule has 1 unspecified atom stereocenters. The molecule has 1 aromatic carbocycles. The van der Waals surface area contributed by atoms with E-state index in [1.165, 1.54) is 6.92 Å². The van der Waals surface area contributed by atoms with E-state index in [1.54, 1.807) is 13.2 Å². The molecule has 184 valence electrons. The molecule has 0 aliphatic carbocycles. The third kappa shape index (κ3) is 8.39. The number of carbonyl (C=O) groups excluding carboxylic acids is 1. The van der Waals surface area contributed by atoms with Crippen molar-refractivity contribution >= 4 is 34.7 Å². The summed E-state index contributed by atoms with van der Waals surface area (Å²) in [5, 5.41) is 16.3. The molecular weight excluding hydrogens is 482 g/mol. The minimum absolute atomic E-state index is 0.0113. The molecule has 6 nitrogen and oxygen atoms in total. The van der Waals surface area contributed by atoms with Crippen LogP contribution in [-0.2, 0) is 23.9 Å². The summed E-state index contributed by atoms with van der Waals surface area (Å²) in [4.78, 5) is 12.3. The third-order valence-electron chi connectivity index (χ3n) is 4.94. The summed E-state index contributed by atoms with van der Waals surface area (Å²) in [6.45, 7) is 1.87. The molecule has 33 heavy (non-hydrogen) atoms. The first-order chi connectivity index (χ1) is 15.5. The average molecular weight is 510 g/mol. The lowest BCUT2D eigenvalue weighted by atomic mass is 10.1. The first kappa shape index (κ1) is 27.3. The molecule has 2 N–H and O–H groups in total. The van der Waals surface area contributed by atoms with Crippen LogP contribution in [0.15, 0.2) is 18.2 Å². The van der Waals surface area contributed by atoms with Gasteiger partial charge in [0.15, 0.2) is 11.5 Å². The van der Waals surface area contributed by atoms with Crippen LogP contribution in [0, 0.1) is 0 Å². The number of unbranched alkanes of at least 4 members (excludes halogenated alkanes) is 3. The van der Waals surface area contributed by atoms with Gasteiger partial charge in [0, 0.05) is 31.1 Å². The van der Waals surface area contributed by atoms with E-state index in [2.05, 4.69) is 10.4 Å². The molecule has 0 saturated heterocycles. The summed E-state index contributed by atoms with van der Waals surface area (Å²) < 4.78 is 45.5. The highest BCUT2D eigenvalue weighted by Gasteiger charge is 2.39. The number of anilines is 1. The molecule has 1 atom stereocenters. The number of halogens is 5. The molecule has 1 aromatic heterocycles. The molecule has 0 aliphatic rings. The van der Waals surface area contributed by atoms with Crippen LogP contribution in [0.3, 0.4) is 0 Å². The van der Waals surface area contributed by atoms with Gasteiger partial charge < -0.3 is 15.2 Å². The van der Waals surface area contributed by atoms with Gasteiger partial charge in [-0.05, 0) is 31.9 Å². The number of nitrogens with zero attached hydrogens (tertiary/aromatic N) is 2. The second-order valence-corrected chi connectivity index (χ2v) is 8.58. The Morgan fingerprint density at radius 3 is 2.58 bits per heavy atom. The zero-order valence-corrected chi connectivity index (χ0v) is 20.0. The van der Waals surface area contributed by atoms with Crippen LogP contribution < -0.4 is 10.1 Å². The van der Waals surface area contributed by atoms with Crippen molar-refractivity contribution in [1.29, 1.82) is 0 Å². The second kappa shape index (κ2) is 12.5. The lowest BCUT2D eigenvalue weighted by Gasteiger charge is -2.10. The summed E-state index contributed by atoms with van der Waals surface area (Å²) in [7, 11) is 1.55. The van der Waals surface area contributed by atoms with Gasteiger partial charge in [-0.25, -0.2) is 0 Å². The van der Waals surface area contributed by atoms with Gasteiger partial charge in [0.1, 0.15) is 5.75 Å². The Morgan fingerprint density at radius 2 is 1.94 bits per heavy atom. The highest BCUT2D eigenvalue weighted by Crippen LogP contribution is 2.36. The van der Waals surface area contributed by atoms with Crippen LogP contribution in [0.2, 0.25) is 10.0 Å². The number of hydrogen-bond donors (Lipinski definition) is 2. The number of nitrogens with one attached hydrogen (secondary N) is 1. The predicted octanol–water partition coefficient (Wildman–Crippen LogP) is 5.77. The number of ketones is 1. The van der Waals surface area contributed by atoms with Crippen molar-refractivity contribution < 1.29 is 27.8 Å². The monoisotopic (exact) mass is 509 g/mol. The number of carbonyl (C=O) groups is 1. The fraction of sp³-hybridized carbons (Fsp3) is 0.545. The number of aliphatic hydroxyl groups excluding tert-OH is 1. The van der Waals surface area contributed by atoms with E-state index in [0.29, 0.717) is 17.2 Å². The Morgan fingerprint density at radius 1 is 1.24 bits per heavy atom. The van der Waals surface area contributed by atoms with Crippen molar-refractivity contribution in [2.24, 2.45) is 0 Å². The maximum atomic E-state index is 13.1. The number of Topliss-reactive ketones (excluding diaryl/α,β-unsaturated/α-hetero) is 1. The smallest absolute Gasteiger partial charge is 0.436 e. The van der Waals surface area contributed by atoms with Crippen molar-refractivity contribution in [3.63, 3.8) is 0 Å². The van der Waals surface area contributed by atoms with E-state index >= 15 is 0 Å². The van der Waals surface area contributed by atoms with Crippen molar-refractivity contribution in [1.82, 2.24) is 9.78 Å². The van der Waals surface area contributed by atoms with Crippen LogP contribution >= 0.6 is 23.2 Å². The van der Waals surface area contributed by atoms with E-state index in [4.69, 9.17) is 27.9 Å². The van der Waals surface area contributed by atoms with Crippen molar-refractivity contribution in [2.45, 2.75) is 64.3 Å². The second-order valence-electron chi connectivity index (χ2n) is 7.80. The molecule has 0 radical (unpaired) electrons. The lowest BCUT2D eigenvalue weighted by Crippen LogP contribution is -2.17. The van der Waals surface area contributed by atoms with Gasteiger partial charge in [0.2, 0.25) is 0 Å². The molecule has 0 amide bonds. The first-order valence-corrected chi connectivity index (χ1v) is 11.4. The topological polar surface area (TPSA) is 76.4 Å². The number of hydrogen-bond acceptors (Lipinski definition) is 5. The zero-order valence-electron chi connectivity index (χ0n) is 18.5. The Kier molecular flexibility index (Phi) is 10.3. The van der Waals surface area contributed by atoms with Gasteiger partial charge in [-0.3, -0.25) is 9.48 Å². The average Bonchev–Trinajstić information content (AvgIpc) is 3.03. The highest BCUT2D eigenvalue weighted by molar-refractivity contribution is 6.32. The van der Waals surface area contributed by atoms with Crippen molar-refractivity contribution in [3.05, 3.63) is 39.6 Å². The van der Waals surface area contributed by atoms with Gasteiger partial charge in [-0.1, -0.05) is 36.0 Å². The molecule has 0 aliphatic heterocycles. The largest absolute Gasteiger partial charge is 0.495 e. The fourth-order valence-corrected chi connectivity index (χ4v) is 3.83. The third-order valence-corrected chi connectivity index (χ3v) is 5.65. The minimum Gasteiger partial charge on any atom is -0.495 e. The van der Waals surface area contributed by atoms with Crippen LogP contribution in [0.4, 0.5) is 18.9 Å². The number of rotatable bonds is 13. The number of benzene rings is 1. The molecule has 2 rings (SSSR count). The molecule has 0 spiro atoms. The summed E-state index contributed by atoms with van der Waals surface area (Å²) >= 11 is 11.8. The molecule has 1 heterocycles. The number of methoxy groups -OCH3 is 1. The minimum atomic E-state index is -4.73. The summed E-state index contributed by atoms with van der Waals surface area (Å²) in [6, 6.07) is 5.44. The highest BCUT2D eigenvalue weighted by atomic mass is 35.5. The first-order valence-electron chi connectivity index (χ1n) is 10.6. The molecule has 2 aromatic rings. The molecule has 0 bridgehead atoms. The van der Waals surface area contributed by atoms with E-state index in [9.17, 15) is 23.1 Å². The number of alkyl halides is 3. The predicted molar refractivity (Wildman–Crippen MR) is 122 cm³/mol. The van der Waals surface area contributed by atoms with Crippen molar-refractivity contribution in [3.8, 4) is 5.75 Å². The molecule has 11 heteroatoms. The van der Waals surface area contributed by atoms with E-state index < -0.39 is 23.0 Å². The molecular formula is C22H28Cl2F3N3O3. The van der Waals surface area contributed by atoms with Crippen LogP contribution in [-0.4, -0.2) is 40.4 Å². The van der Waals surface area contributed by atoms with Crippen LogP contribution in [0.25, 0.3) is 0 Å². The van der Waals surface area contributed by atoms with Gasteiger partial charge in [-0.15, -0.1) is 0 Å². The number of aromatic nitrogens is 2. The lowest BCUT2D eigenvalue weighted by molar-refractivity contribution is -0.141. The Balaban J connectivity index is 1.76. The normalized spacial score (nSPS) is 12.6. The summed E-state index contributed by atoms with van der Waals surface area (Å²) in [5.41, 5.74) is -0.328. The molecule has 0 saturated carbocycles. The maximum absolute atomic E-state index is 13.1. The quantitative estimate of drug-likeness (QED) is 0.335. The van der Waals surface area contributed by atoms with Gasteiger partial charge >= 0.3 is 6.18 Å². The van der Waals surface area contributed by atoms with Gasteiger partial charge in [-0.2, -0.15) is 18.3 Å². The maximum Gasteiger partial charge on any atom is 0.436 e. The van der Waals surface area contributed by atoms with Gasteiger partial charge in [0.05, 0.1) is 35.5 Å². The van der Waals surface area contributed by atoms with Crippen LogP contribution in [0.5, 0.6) is 5.75 Å². The number of ether oxygens (including phenoxy) is 1. The van der Waals surface area contributed by atoms with Crippen LogP contribution in [0.1, 0.15) is 50.4 Å². The molecule has 0 fully saturated rings. The number of aliphatic hydroxyl groups is 1. The standard InChI is InChI=1S/C22H28Cl2F3N3O3/c1-14(31)11-18-20(24)21(22(25,26)27)29-30(18)13-16(32)7-5-3-4-6-10-28-15-8-9-17(23)19(12-15)33-2/h8-9,12,14,28,31H,3-7,10-11,13H2,1-2H3. The SMILES string of the molecule is COc1cc(NCCCCCCC(=O)Cn2nc(C(F)(F)F)c(Cl)c2CC(C)O)ccc1Cl. The Labute approximate surface area is 201 Å². The van der Waals surface area contributed by atoms with E-state index in [1.807, 2.05) is 12.1 Å². The fourth-order valence-electron chi connectivity index (χ4n) is 3.31. The van der Waals surface area contributed by atoms with E-state index in [-0.39, 0.29) is 30.9 Å². The Bertz CT molecular complexity index is 934. The summed E-state index contributed by atoms with van der Waals surface area (Å²) in [5.74, 6) is 0.360.